The molecule has 8 heteroatoms. The molecular formula is C21H28N6O2. The van der Waals surface area contributed by atoms with Crippen molar-refractivity contribution in [2.45, 2.75) is 33.4 Å². The molecule has 1 N–H and O–H groups in total. The monoisotopic (exact) mass is 396 g/mol. The zero-order valence-corrected chi connectivity index (χ0v) is 17.3. The first-order valence-corrected chi connectivity index (χ1v) is 10.2. The molecule has 29 heavy (non-hydrogen) atoms. The minimum Gasteiger partial charge on any atom is -0.340 e. The van der Waals surface area contributed by atoms with Gasteiger partial charge in [0.15, 0.2) is 11.2 Å². The highest BCUT2D eigenvalue weighted by Gasteiger charge is 2.24. The second-order valence-corrected chi connectivity index (χ2v) is 7.74. The number of piperazine rings is 1. The normalized spacial score (nSPS) is 15.3. The highest BCUT2D eigenvalue weighted by Crippen LogP contribution is 2.22. The number of benzene rings is 1. The van der Waals surface area contributed by atoms with Crippen molar-refractivity contribution in [2.24, 2.45) is 7.05 Å². The largest absolute Gasteiger partial charge is 0.340 e. The lowest BCUT2D eigenvalue weighted by Gasteiger charge is -2.35. The first-order chi connectivity index (χ1) is 14.0. The summed E-state index contributed by atoms with van der Waals surface area (Å²) in [4.78, 5) is 36.3. The fourth-order valence-electron chi connectivity index (χ4n) is 4.03. The number of nitrogens with zero attached hydrogens (tertiary/aromatic N) is 5. The first-order valence-electron chi connectivity index (χ1n) is 10.2. The minimum atomic E-state index is -0.432. The van der Waals surface area contributed by atoms with E-state index in [0.29, 0.717) is 17.7 Å². The summed E-state index contributed by atoms with van der Waals surface area (Å²) < 4.78 is 3.38. The van der Waals surface area contributed by atoms with E-state index in [2.05, 4.69) is 52.9 Å². The number of imidazole rings is 1. The Morgan fingerprint density at radius 3 is 2.52 bits per heavy atom. The van der Waals surface area contributed by atoms with Crippen LogP contribution in [0.3, 0.4) is 0 Å². The Morgan fingerprint density at radius 2 is 1.83 bits per heavy atom. The first kappa shape index (κ1) is 19.4. The van der Waals surface area contributed by atoms with Crippen molar-refractivity contribution in [1.82, 2.24) is 24.0 Å². The average molecular weight is 396 g/mol. The summed E-state index contributed by atoms with van der Waals surface area (Å²) in [6, 6.07) is 8.51. The van der Waals surface area contributed by atoms with Gasteiger partial charge < -0.3 is 9.47 Å². The summed E-state index contributed by atoms with van der Waals surface area (Å²) >= 11 is 0. The zero-order chi connectivity index (χ0) is 20.5. The van der Waals surface area contributed by atoms with E-state index in [0.717, 1.165) is 45.1 Å². The molecule has 3 heterocycles. The third kappa shape index (κ3) is 3.60. The predicted octanol–water partition coefficient (Wildman–Crippen LogP) is 1.46. The Balaban J connectivity index is 1.60. The summed E-state index contributed by atoms with van der Waals surface area (Å²) in [5, 5.41) is 0. The third-order valence-corrected chi connectivity index (χ3v) is 5.74. The van der Waals surface area contributed by atoms with Crippen LogP contribution in [0, 0.1) is 6.92 Å². The lowest BCUT2D eigenvalue weighted by Crippen LogP contribution is -2.47. The number of aromatic amines is 1. The van der Waals surface area contributed by atoms with Gasteiger partial charge in [-0.15, -0.1) is 0 Å². The van der Waals surface area contributed by atoms with Gasteiger partial charge in [-0.25, -0.2) is 4.79 Å². The van der Waals surface area contributed by atoms with E-state index >= 15 is 0 Å². The van der Waals surface area contributed by atoms with Crippen LogP contribution in [0.2, 0.25) is 0 Å². The van der Waals surface area contributed by atoms with E-state index < -0.39 is 5.69 Å². The number of nitrogens with one attached hydrogen (secondary N) is 1. The number of anilines is 1. The summed E-state index contributed by atoms with van der Waals surface area (Å²) in [7, 11) is 1.65. The molecule has 0 spiro atoms. The van der Waals surface area contributed by atoms with Crippen molar-refractivity contribution >= 4 is 17.1 Å². The molecule has 1 aliphatic heterocycles. The molecule has 1 aliphatic rings. The Kier molecular flexibility index (Phi) is 5.27. The van der Waals surface area contributed by atoms with E-state index in [9.17, 15) is 9.59 Å². The molecule has 1 fully saturated rings. The Morgan fingerprint density at radius 1 is 1.10 bits per heavy atom. The molecule has 0 saturated carbocycles. The van der Waals surface area contributed by atoms with Crippen LogP contribution in [-0.4, -0.2) is 50.2 Å². The van der Waals surface area contributed by atoms with Gasteiger partial charge >= 0.3 is 5.69 Å². The third-order valence-electron chi connectivity index (χ3n) is 5.74. The number of fused-ring (bicyclic) bond motifs is 1. The predicted molar refractivity (Wildman–Crippen MR) is 115 cm³/mol. The lowest BCUT2D eigenvalue weighted by atomic mass is 10.1. The van der Waals surface area contributed by atoms with E-state index in [1.54, 1.807) is 7.05 Å². The number of aromatic nitrogens is 4. The molecular weight excluding hydrogens is 368 g/mol. The molecule has 1 aromatic carbocycles. The van der Waals surface area contributed by atoms with Gasteiger partial charge in [0.1, 0.15) is 0 Å². The number of hydrogen-bond acceptors (Lipinski definition) is 5. The zero-order valence-electron chi connectivity index (χ0n) is 17.3. The molecule has 1 saturated heterocycles. The molecule has 2 aromatic heterocycles. The number of rotatable bonds is 5. The maximum absolute atomic E-state index is 12.5. The van der Waals surface area contributed by atoms with Crippen LogP contribution in [-0.2, 0) is 20.1 Å². The van der Waals surface area contributed by atoms with E-state index in [-0.39, 0.29) is 5.56 Å². The van der Waals surface area contributed by atoms with Crippen LogP contribution in [0.4, 0.5) is 5.95 Å². The number of H-pyrrole nitrogens is 1. The smallest absolute Gasteiger partial charge is 0.329 e. The quantitative estimate of drug-likeness (QED) is 0.706. The SMILES string of the molecule is CCCn1c(N2CCN(Cc3ccccc3C)CC2)nc2c1c(=O)[nH]c(=O)n2C. The van der Waals surface area contributed by atoms with E-state index in [1.165, 1.54) is 15.7 Å². The summed E-state index contributed by atoms with van der Waals surface area (Å²) in [6.07, 6.45) is 0.883. The molecule has 0 amide bonds. The Labute approximate surface area is 169 Å². The van der Waals surface area contributed by atoms with E-state index in [1.807, 2.05) is 4.57 Å². The molecule has 3 aromatic rings. The molecule has 8 nitrogen and oxygen atoms in total. The van der Waals surface area contributed by atoms with Crippen LogP contribution in [0.5, 0.6) is 0 Å². The molecule has 0 radical (unpaired) electrons. The van der Waals surface area contributed by atoms with Gasteiger partial charge in [0.05, 0.1) is 0 Å². The number of aryl methyl sites for hydroxylation is 3. The van der Waals surface area contributed by atoms with Gasteiger partial charge in [-0.05, 0) is 24.5 Å². The fraction of sp³-hybridized carbons (Fsp3) is 0.476. The van der Waals surface area contributed by atoms with Crippen LogP contribution < -0.4 is 16.1 Å². The highest BCUT2D eigenvalue weighted by molar-refractivity contribution is 5.74. The topological polar surface area (TPSA) is 79.2 Å². The standard InChI is InChI=1S/C21H28N6O2/c1-4-9-27-17-18(24(3)21(29)23-19(17)28)22-20(27)26-12-10-25(11-13-26)14-16-8-6-5-7-15(16)2/h5-8H,4,9-14H2,1-3H3,(H,23,28,29). The van der Waals surface area contributed by atoms with Gasteiger partial charge in [-0.3, -0.25) is 19.2 Å². The van der Waals surface area contributed by atoms with Crippen LogP contribution in [0.15, 0.2) is 33.9 Å². The van der Waals surface area contributed by atoms with Gasteiger partial charge in [0.25, 0.3) is 5.56 Å². The van der Waals surface area contributed by atoms with Crippen molar-refractivity contribution in [3.63, 3.8) is 0 Å². The van der Waals surface area contributed by atoms with Gasteiger partial charge in [0.2, 0.25) is 5.95 Å². The fourth-order valence-corrected chi connectivity index (χ4v) is 4.03. The second kappa shape index (κ2) is 7.87. The van der Waals surface area contributed by atoms with Crippen LogP contribution >= 0.6 is 0 Å². The van der Waals surface area contributed by atoms with Crippen molar-refractivity contribution in [2.75, 3.05) is 31.1 Å². The van der Waals surface area contributed by atoms with Gasteiger partial charge in [0, 0.05) is 46.3 Å². The van der Waals surface area contributed by atoms with Crippen molar-refractivity contribution in [3.8, 4) is 0 Å². The summed E-state index contributed by atoms with van der Waals surface area (Å²) in [5.41, 5.74) is 2.81. The summed E-state index contributed by atoms with van der Waals surface area (Å²) in [6.45, 7) is 9.40. The van der Waals surface area contributed by atoms with Crippen molar-refractivity contribution in [3.05, 3.63) is 56.2 Å². The Hall–Kier alpha value is -2.87. The van der Waals surface area contributed by atoms with E-state index in [4.69, 9.17) is 4.98 Å². The molecule has 0 bridgehead atoms. The van der Waals surface area contributed by atoms with Crippen LogP contribution in [0.1, 0.15) is 24.5 Å². The van der Waals surface area contributed by atoms with Gasteiger partial charge in [-0.2, -0.15) is 4.98 Å². The maximum atomic E-state index is 12.5. The molecule has 0 atom stereocenters. The molecule has 0 unspecified atom stereocenters. The lowest BCUT2D eigenvalue weighted by molar-refractivity contribution is 0.247. The molecule has 154 valence electrons. The average Bonchev–Trinajstić information content (AvgIpc) is 3.09. The maximum Gasteiger partial charge on any atom is 0.329 e. The molecule has 4 rings (SSSR count). The minimum absolute atomic E-state index is 0.367. The van der Waals surface area contributed by atoms with Gasteiger partial charge in [-0.1, -0.05) is 31.2 Å². The highest BCUT2D eigenvalue weighted by atomic mass is 16.2. The van der Waals surface area contributed by atoms with Crippen molar-refractivity contribution < 1.29 is 0 Å². The Bertz CT molecular complexity index is 1130. The summed E-state index contributed by atoms with van der Waals surface area (Å²) in [5.74, 6) is 0.782. The van der Waals surface area contributed by atoms with Crippen LogP contribution in [0.25, 0.3) is 11.2 Å². The number of hydrogen-bond donors (Lipinski definition) is 1. The van der Waals surface area contributed by atoms with Crippen molar-refractivity contribution in [1.29, 1.82) is 0 Å². The molecule has 0 aliphatic carbocycles. The second-order valence-electron chi connectivity index (χ2n) is 7.74.